The van der Waals surface area contributed by atoms with Crippen LogP contribution in [0.4, 0.5) is 0 Å². The zero-order valence-corrected chi connectivity index (χ0v) is 62.8. The highest BCUT2D eigenvalue weighted by Gasteiger charge is 2.48. The van der Waals surface area contributed by atoms with Crippen molar-refractivity contribution in [1.82, 2.24) is 47.9 Å². The van der Waals surface area contributed by atoms with Crippen LogP contribution in [0.25, 0.3) is 0 Å². The second-order valence-corrected chi connectivity index (χ2v) is 28.1. The van der Waals surface area contributed by atoms with E-state index in [-0.39, 0.29) is 90.2 Å². The van der Waals surface area contributed by atoms with Gasteiger partial charge in [0.25, 0.3) is 0 Å². The second-order valence-electron chi connectivity index (χ2n) is 28.1. The first-order valence-electron chi connectivity index (χ1n) is 38.4. The summed E-state index contributed by atoms with van der Waals surface area (Å²) in [6, 6.07) is -5.60. The molecule has 0 aromatic heterocycles. The number of carbonyl (C=O) groups excluding carboxylic acids is 9. The van der Waals surface area contributed by atoms with Crippen LogP contribution in [0.2, 0.25) is 0 Å². The molecule has 4 aliphatic heterocycles. The molecule has 36 nitrogen and oxygen atoms in total. The van der Waals surface area contributed by atoms with Gasteiger partial charge in [0.2, 0.25) is 53.2 Å². The first-order valence-corrected chi connectivity index (χ1v) is 38.4. The van der Waals surface area contributed by atoms with Crippen molar-refractivity contribution < 1.29 is 132 Å². The van der Waals surface area contributed by atoms with E-state index in [0.29, 0.717) is 103 Å². The molecule has 4 aliphatic rings. The summed E-state index contributed by atoms with van der Waals surface area (Å²) in [7, 11) is 1.54. The number of aliphatic hydroxyl groups is 10. The molecule has 0 radical (unpaired) electrons. The Kier molecular flexibility index (Phi) is 46.9. The van der Waals surface area contributed by atoms with E-state index < -0.39 is 183 Å². The number of carbonyl (C=O) groups is 9. The highest BCUT2D eigenvalue weighted by molar-refractivity contribution is 5.90. The van der Waals surface area contributed by atoms with Gasteiger partial charge in [-0.2, -0.15) is 0 Å². The van der Waals surface area contributed by atoms with Gasteiger partial charge in [0, 0.05) is 106 Å². The third-order valence-electron chi connectivity index (χ3n) is 19.1. The van der Waals surface area contributed by atoms with E-state index in [1.54, 1.807) is 0 Å². The number of hydrogen-bond acceptors (Lipinski definition) is 27. The molecule has 0 spiro atoms. The zero-order chi connectivity index (χ0) is 78.6. The number of methoxy groups -OCH3 is 1. The van der Waals surface area contributed by atoms with Crippen LogP contribution in [-0.2, 0) is 81.0 Å². The Morgan fingerprint density at radius 2 is 0.710 bits per heavy atom. The third kappa shape index (κ3) is 36.0. The lowest BCUT2D eigenvalue weighted by Crippen LogP contribution is -2.64. The summed E-state index contributed by atoms with van der Waals surface area (Å²) >= 11 is 0. The number of nitrogens with one attached hydrogen (secondary N) is 9. The Bertz CT molecular complexity index is 2590. The van der Waals surface area contributed by atoms with Gasteiger partial charge in [0.05, 0.1) is 38.6 Å². The monoisotopic (exact) mass is 1540 g/mol. The van der Waals surface area contributed by atoms with Gasteiger partial charge in [-0.1, -0.05) is 77.0 Å². The van der Waals surface area contributed by atoms with Crippen LogP contribution in [0.5, 0.6) is 0 Å². The lowest BCUT2D eigenvalue weighted by Gasteiger charge is -2.42. The first kappa shape index (κ1) is 93.9. The lowest BCUT2D eigenvalue weighted by molar-refractivity contribution is -0.270. The minimum absolute atomic E-state index is 0.0713. The predicted molar refractivity (Wildman–Crippen MR) is 381 cm³/mol. The Labute approximate surface area is 627 Å². The molecule has 9 amide bonds. The predicted octanol–water partition coefficient (Wildman–Crippen LogP) is -3.39. The molecule has 0 saturated carbocycles. The van der Waals surface area contributed by atoms with E-state index in [1.807, 2.05) is 0 Å². The van der Waals surface area contributed by atoms with E-state index in [1.165, 1.54) is 27.9 Å². The van der Waals surface area contributed by atoms with Crippen molar-refractivity contribution in [3.63, 3.8) is 0 Å². The molecule has 4 fully saturated rings. The molecule has 20 unspecified atom stereocenters. The molecule has 4 heterocycles. The van der Waals surface area contributed by atoms with Gasteiger partial charge in [-0.3, -0.25) is 43.2 Å². The minimum atomic E-state index is -1.47. The van der Waals surface area contributed by atoms with Crippen LogP contribution in [-0.4, -0.2) is 306 Å². The van der Waals surface area contributed by atoms with Crippen molar-refractivity contribution in [3.8, 4) is 0 Å². The van der Waals surface area contributed by atoms with E-state index in [9.17, 15) is 94.2 Å². The highest BCUT2D eigenvalue weighted by atomic mass is 16.7. The van der Waals surface area contributed by atoms with Crippen LogP contribution in [0.1, 0.15) is 194 Å². The maximum atomic E-state index is 13.9. The maximum Gasteiger partial charge on any atom is 0.242 e. The molecule has 0 aliphatic carbocycles. The molecule has 618 valence electrons. The van der Waals surface area contributed by atoms with Crippen molar-refractivity contribution in [1.29, 1.82) is 0 Å². The number of aliphatic hydroxyl groups excluding tert-OH is 10. The summed E-state index contributed by atoms with van der Waals surface area (Å²) in [5, 5.41) is 126. The van der Waals surface area contributed by atoms with Crippen LogP contribution in [0.3, 0.4) is 0 Å². The summed E-state index contributed by atoms with van der Waals surface area (Å²) < 4.78 is 45.1. The van der Waals surface area contributed by atoms with Crippen LogP contribution in [0.15, 0.2) is 0 Å². The van der Waals surface area contributed by atoms with Crippen molar-refractivity contribution in [2.24, 2.45) is 0 Å². The quantitative estimate of drug-likeness (QED) is 0.0264. The Morgan fingerprint density at radius 3 is 1.08 bits per heavy atom. The average Bonchev–Trinajstić information content (AvgIpc) is 1.57. The normalized spacial score (nSPS) is 27.6. The topological polar surface area (TPSA) is 538 Å². The van der Waals surface area contributed by atoms with Gasteiger partial charge < -0.3 is 137 Å². The smallest absolute Gasteiger partial charge is 0.242 e. The molecular weight excluding hydrogens is 1410 g/mol. The number of amides is 9. The number of hydrogen-bond donors (Lipinski definition) is 19. The average molecular weight is 1540 g/mol. The molecule has 19 N–H and O–H groups in total. The molecule has 4 rings (SSSR count). The van der Waals surface area contributed by atoms with Crippen LogP contribution in [0, 0.1) is 0 Å². The Morgan fingerprint density at radius 1 is 0.383 bits per heavy atom. The summed E-state index contributed by atoms with van der Waals surface area (Å²) in [5.74, 6) is -4.06. The summed E-state index contributed by atoms with van der Waals surface area (Å²) in [6.07, 6.45) is -3.25. The zero-order valence-electron chi connectivity index (χ0n) is 62.8. The van der Waals surface area contributed by atoms with E-state index in [2.05, 4.69) is 47.9 Å². The first-order chi connectivity index (χ1) is 51.3. The fourth-order valence-electron chi connectivity index (χ4n) is 13.0. The number of unbranched alkanes of at least 4 members (excludes halogenated alkanes) is 16. The molecule has 0 aromatic carbocycles. The minimum Gasteiger partial charge on any atom is -0.394 e. The second kappa shape index (κ2) is 53.4. The molecule has 36 heteroatoms. The van der Waals surface area contributed by atoms with E-state index in [4.69, 9.17) is 37.9 Å². The Balaban J connectivity index is 1.30. The van der Waals surface area contributed by atoms with Crippen molar-refractivity contribution in [2.75, 3.05) is 79.5 Å². The van der Waals surface area contributed by atoms with Gasteiger partial charge in [0.1, 0.15) is 91.2 Å². The fraction of sp³-hybridized carbons (Fsp3) is 0.873. The largest absolute Gasteiger partial charge is 0.394 e. The standard InChI is InChI=1S/C71H127N9O27/c1-43(84)76-58-64(95)61(92)50(39-81)105-69(58)101-34-22-14-11-19-31-72-55(89)29-27-47(67(98)73-32-20-12-15-23-35-102-70-59(77-44(2)85)65(96)62(93)51(40-82)106-70)80-57(91)30-28-48(68(99)74-33-21-13-16-24-36-103-71-60(78-45(3)86)66(97)63(94)52(41-83)107-71)79-56(90)26-18-10-8-6-5-7-9-17-25-54(88)75-38-46-37-49(87)53(104-46)42-100-4/h46-53,58-66,69-71,81-83,87,92-97H,5-42H2,1-4H3,(H,72,89)(H,73,98)(H,74,99)(H,75,88)(H,76,84)(H,77,85)(H,78,86)(H,79,90)(H,80,91). The van der Waals surface area contributed by atoms with Crippen molar-refractivity contribution in [2.45, 2.75) is 316 Å². The van der Waals surface area contributed by atoms with Crippen LogP contribution < -0.4 is 47.9 Å². The van der Waals surface area contributed by atoms with E-state index >= 15 is 0 Å². The van der Waals surface area contributed by atoms with Gasteiger partial charge >= 0.3 is 0 Å². The summed E-state index contributed by atoms with van der Waals surface area (Å²) in [4.78, 5) is 116. The molecule has 20 atom stereocenters. The Hall–Kier alpha value is -5.49. The lowest BCUT2D eigenvalue weighted by atomic mass is 9.97. The molecule has 107 heavy (non-hydrogen) atoms. The van der Waals surface area contributed by atoms with Gasteiger partial charge in [0.15, 0.2) is 18.9 Å². The van der Waals surface area contributed by atoms with Crippen molar-refractivity contribution >= 4 is 53.2 Å². The SMILES string of the molecule is COCC1OC(CNC(=O)CCCCCCCCCCC(=O)NC(CCC(=O)NC(CCC(=O)NCCCCCCOC2OC(CO)C(O)C(O)C2NC(C)=O)C(=O)NCCCCCCOC2OC(CO)C(O)C(O)C2NC(C)=O)C(=O)NCCCCCCOC2OC(CO)C(O)C(O)C2NC(C)=O)CC1O. The number of rotatable bonds is 55. The van der Waals surface area contributed by atoms with Gasteiger partial charge in [-0.25, -0.2) is 0 Å². The maximum absolute atomic E-state index is 13.9. The fourth-order valence-corrected chi connectivity index (χ4v) is 13.0. The molecular formula is C71H127N9O27. The number of ether oxygens (including phenoxy) is 8. The highest BCUT2D eigenvalue weighted by Crippen LogP contribution is 2.27. The van der Waals surface area contributed by atoms with Crippen LogP contribution >= 0.6 is 0 Å². The van der Waals surface area contributed by atoms with E-state index in [0.717, 1.165) is 44.9 Å². The van der Waals surface area contributed by atoms with Gasteiger partial charge in [-0.05, 0) is 64.2 Å². The van der Waals surface area contributed by atoms with Crippen molar-refractivity contribution in [3.05, 3.63) is 0 Å². The summed E-state index contributed by atoms with van der Waals surface area (Å²) in [6.45, 7) is 3.64. The molecule has 0 aromatic rings. The molecule has 0 bridgehead atoms. The summed E-state index contributed by atoms with van der Waals surface area (Å²) in [5.41, 5.74) is 0. The third-order valence-corrected chi connectivity index (χ3v) is 19.1. The van der Waals surface area contributed by atoms with Gasteiger partial charge in [-0.15, -0.1) is 0 Å². The molecule has 4 saturated heterocycles.